The minimum atomic E-state index is -2.28. The minimum Gasteiger partial charge on any atom is -0.437 e. The van der Waals surface area contributed by atoms with Crippen LogP contribution in [0.4, 0.5) is 0 Å². The highest BCUT2D eigenvalue weighted by atomic mass is 16.3. The molecule has 3 heterocycles. The van der Waals surface area contributed by atoms with E-state index in [1.54, 1.807) is 12.3 Å². The molecule has 25 heavy (non-hydrogen) atoms. The van der Waals surface area contributed by atoms with Crippen molar-refractivity contribution in [1.29, 1.82) is 0 Å². The number of benzene rings is 1. The van der Waals surface area contributed by atoms with E-state index in [2.05, 4.69) is 9.97 Å². The van der Waals surface area contributed by atoms with Crippen LogP contribution in [0.15, 0.2) is 53.1 Å². The summed E-state index contributed by atoms with van der Waals surface area (Å²) in [7, 11) is 0. The first-order valence-electron chi connectivity index (χ1n) is 10.6. The first-order valence-corrected chi connectivity index (χ1v) is 8.65. The predicted molar refractivity (Wildman–Crippen MR) is 101 cm³/mol. The molecular weight excluding hydrogens is 308 g/mol. The van der Waals surface area contributed by atoms with Crippen molar-refractivity contribution in [2.75, 3.05) is 0 Å². The number of rotatable bonds is 2. The van der Waals surface area contributed by atoms with Crippen LogP contribution in [0.2, 0.25) is 0 Å². The fourth-order valence-electron chi connectivity index (χ4n) is 3.77. The summed E-state index contributed by atoms with van der Waals surface area (Å²) in [4.78, 5) is 8.77. The SMILES string of the molecule is [2H]C([2H])([2H])c1ccc2c(n1)oc1c(-c3cc(C4([2H])CCCC4)ccn3)cccc12. The molecule has 1 aromatic carbocycles. The Labute approximate surface area is 152 Å². The van der Waals surface area contributed by atoms with Gasteiger partial charge in [-0.25, -0.2) is 4.98 Å². The molecule has 4 aromatic rings. The van der Waals surface area contributed by atoms with E-state index >= 15 is 0 Å². The van der Waals surface area contributed by atoms with Crippen LogP contribution in [-0.4, -0.2) is 9.97 Å². The van der Waals surface area contributed by atoms with Crippen LogP contribution in [0, 0.1) is 6.85 Å². The highest BCUT2D eigenvalue weighted by Crippen LogP contribution is 2.37. The van der Waals surface area contributed by atoms with Gasteiger partial charge in [0.15, 0.2) is 0 Å². The Bertz CT molecular complexity index is 1220. The molecular formula is C22H20N2O. The molecule has 0 radical (unpaired) electrons. The van der Waals surface area contributed by atoms with Crippen LogP contribution in [0.5, 0.6) is 0 Å². The van der Waals surface area contributed by atoms with Crippen molar-refractivity contribution in [3.63, 3.8) is 0 Å². The van der Waals surface area contributed by atoms with Gasteiger partial charge < -0.3 is 4.42 Å². The van der Waals surface area contributed by atoms with Gasteiger partial charge in [-0.2, -0.15) is 0 Å². The number of fused-ring (bicyclic) bond motifs is 3. The minimum absolute atomic E-state index is 0.0168. The van der Waals surface area contributed by atoms with Crippen molar-refractivity contribution < 1.29 is 9.90 Å². The molecule has 0 aliphatic heterocycles. The lowest BCUT2D eigenvalue weighted by atomic mass is 9.96. The number of nitrogens with zero attached hydrogens (tertiary/aromatic N) is 2. The van der Waals surface area contributed by atoms with Crippen LogP contribution in [0.3, 0.4) is 0 Å². The Morgan fingerprint density at radius 3 is 2.92 bits per heavy atom. The maximum Gasteiger partial charge on any atom is 0.227 e. The van der Waals surface area contributed by atoms with Gasteiger partial charge in [-0.1, -0.05) is 25.0 Å². The second-order valence-electron chi connectivity index (χ2n) is 6.57. The zero-order chi connectivity index (χ0) is 20.2. The smallest absolute Gasteiger partial charge is 0.227 e. The van der Waals surface area contributed by atoms with Crippen LogP contribution < -0.4 is 0 Å². The van der Waals surface area contributed by atoms with Crippen LogP contribution in [-0.2, 0) is 0 Å². The summed E-state index contributed by atoms with van der Waals surface area (Å²) < 4.78 is 37.6. The third-order valence-electron chi connectivity index (χ3n) is 5.02. The summed E-state index contributed by atoms with van der Waals surface area (Å²) in [5.74, 6) is -0.546. The van der Waals surface area contributed by atoms with Gasteiger partial charge in [-0.3, -0.25) is 4.98 Å². The van der Waals surface area contributed by atoms with Gasteiger partial charge in [0, 0.05) is 33.7 Å². The number of hydrogen-bond donors (Lipinski definition) is 0. The molecule has 0 N–H and O–H groups in total. The second-order valence-corrected chi connectivity index (χ2v) is 6.57. The molecule has 1 saturated carbocycles. The zero-order valence-electron chi connectivity index (χ0n) is 17.7. The van der Waals surface area contributed by atoms with Gasteiger partial charge in [-0.05, 0) is 61.5 Å². The third-order valence-corrected chi connectivity index (χ3v) is 5.02. The average molecular weight is 332 g/mol. The topological polar surface area (TPSA) is 38.9 Å². The number of hydrogen-bond acceptors (Lipinski definition) is 3. The van der Waals surface area contributed by atoms with E-state index in [4.69, 9.17) is 9.90 Å². The molecule has 124 valence electrons. The first kappa shape index (κ1) is 11.0. The van der Waals surface area contributed by atoms with Gasteiger partial charge in [0.05, 0.1) is 5.69 Å². The lowest BCUT2D eigenvalue weighted by Crippen LogP contribution is -1.94. The van der Waals surface area contributed by atoms with E-state index in [1.807, 2.05) is 30.3 Å². The number of pyridine rings is 2. The van der Waals surface area contributed by atoms with Gasteiger partial charge in [-0.15, -0.1) is 0 Å². The normalized spacial score (nSPS) is 19.5. The monoisotopic (exact) mass is 332 g/mol. The van der Waals surface area contributed by atoms with E-state index in [0.29, 0.717) is 11.3 Å². The summed E-state index contributed by atoms with van der Waals surface area (Å²) >= 11 is 0. The van der Waals surface area contributed by atoms with Gasteiger partial charge in [0.2, 0.25) is 5.71 Å². The van der Waals surface area contributed by atoms with Crippen LogP contribution in [0.25, 0.3) is 33.3 Å². The van der Waals surface area contributed by atoms with Crippen molar-refractivity contribution in [3.8, 4) is 11.3 Å². The summed E-state index contributed by atoms with van der Waals surface area (Å²) in [5.41, 5.74) is 3.51. The highest BCUT2D eigenvalue weighted by Gasteiger charge is 2.19. The fraction of sp³-hybridized carbons (Fsp3) is 0.273. The molecule has 0 saturated heterocycles. The van der Waals surface area contributed by atoms with E-state index in [1.165, 1.54) is 6.07 Å². The second kappa shape index (κ2) is 5.69. The van der Waals surface area contributed by atoms with E-state index in [0.717, 1.165) is 53.3 Å². The van der Waals surface area contributed by atoms with E-state index in [-0.39, 0.29) is 5.69 Å². The fourth-order valence-corrected chi connectivity index (χ4v) is 3.77. The molecule has 0 bridgehead atoms. The van der Waals surface area contributed by atoms with Crippen LogP contribution in [0.1, 0.15) is 48.3 Å². The lowest BCUT2D eigenvalue weighted by molar-refractivity contribution is 0.653. The average Bonchev–Trinajstić information content (AvgIpc) is 3.31. The van der Waals surface area contributed by atoms with Gasteiger partial charge in [0.1, 0.15) is 5.58 Å². The summed E-state index contributed by atoms with van der Waals surface area (Å²) in [6.07, 6.45) is 5.65. The highest BCUT2D eigenvalue weighted by molar-refractivity contribution is 6.08. The summed E-state index contributed by atoms with van der Waals surface area (Å²) in [5, 5.41) is 1.65. The van der Waals surface area contributed by atoms with E-state index < -0.39 is 12.7 Å². The molecule has 0 spiro atoms. The van der Waals surface area contributed by atoms with Crippen molar-refractivity contribution in [2.24, 2.45) is 0 Å². The first-order chi connectivity index (χ1) is 13.9. The predicted octanol–water partition coefficient (Wildman–Crippen LogP) is 6.01. The van der Waals surface area contributed by atoms with Crippen molar-refractivity contribution in [1.82, 2.24) is 9.97 Å². The maximum absolute atomic E-state index is 8.80. The van der Waals surface area contributed by atoms with Crippen molar-refractivity contribution in [2.45, 2.75) is 38.4 Å². The Hall–Kier alpha value is -2.68. The number of para-hydroxylation sites is 1. The molecule has 3 nitrogen and oxygen atoms in total. The third kappa shape index (κ3) is 2.42. The van der Waals surface area contributed by atoms with E-state index in [9.17, 15) is 0 Å². The van der Waals surface area contributed by atoms with Crippen molar-refractivity contribution >= 4 is 22.1 Å². The standard InChI is InChI=1S/C22H20N2O/c1-14-9-10-18-17-7-4-8-19(21(17)25-22(18)24-14)20-13-16(11-12-23-20)15-5-2-3-6-15/h4,7-13,15H,2-3,5-6H2,1H3/i1D3,15D. The summed E-state index contributed by atoms with van der Waals surface area (Å²) in [6, 6.07) is 13.0. The largest absolute Gasteiger partial charge is 0.437 e. The molecule has 0 atom stereocenters. The number of aryl methyl sites for hydroxylation is 1. The van der Waals surface area contributed by atoms with Crippen LogP contribution >= 0.6 is 0 Å². The maximum atomic E-state index is 8.80. The Morgan fingerprint density at radius 1 is 1.12 bits per heavy atom. The molecule has 1 aliphatic rings. The number of furan rings is 1. The molecule has 3 heteroatoms. The Balaban J connectivity index is 1.68. The van der Waals surface area contributed by atoms with Crippen molar-refractivity contribution in [3.05, 3.63) is 59.9 Å². The molecule has 0 amide bonds. The van der Waals surface area contributed by atoms with Gasteiger partial charge in [0.25, 0.3) is 0 Å². The molecule has 3 aromatic heterocycles. The number of aromatic nitrogens is 2. The Kier molecular flexibility index (Phi) is 2.51. The zero-order valence-corrected chi connectivity index (χ0v) is 13.7. The molecule has 5 rings (SSSR count). The summed E-state index contributed by atoms with van der Waals surface area (Å²) in [6.45, 7) is -2.28. The molecule has 0 unspecified atom stereocenters. The van der Waals surface area contributed by atoms with Gasteiger partial charge >= 0.3 is 0 Å². The molecule has 1 fully saturated rings. The quantitative estimate of drug-likeness (QED) is 0.451. The lowest BCUT2D eigenvalue weighted by Gasteiger charge is -2.11. The molecule has 1 aliphatic carbocycles. The Morgan fingerprint density at radius 2 is 2.04 bits per heavy atom.